The Morgan fingerprint density at radius 3 is 2.88 bits per heavy atom. The molecule has 2 aromatic rings. The van der Waals surface area contributed by atoms with Gasteiger partial charge in [-0.3, -0.25) is 4.79 Å². The molecule has 1 N–H and O–H groups in total. The van der Waals surface area contributed by atoms with Gasteiger partial charge < -0.3 is 9.88 Å². The number of hydrogen-bond acceptors (Lipinski definition) is 3. The molecule has 0 aliphatic carbocycles. The number of amides is 1. The molecule has 0 bridgehead atoms. The molecule has 1 amide bonds. The lowest BCUT2D eigenvalue weighted by molar-refractivity contribution is 0.0782. The normalized spacial score (nSPS) is 10.5. The highest BCUT2D eigenvalue weighted by Gasteiger charge is 2.18. The number of aromatic nitrogens is 2. The van der Waals surface area contributed by atoms with E-state index in [1.165, 1.54) is 16.2 Å². The third-order valence-electron chi connectivity index (χ3n) is 2.18. The molecule has 0 fully saturated rings. The summed E-state index contributed by atoms with van der Waals surface area (Å²) in [6.07, 6.45) is 3.35. The molecule has 0 saturated heterocycles. The first kappa shape index (κ1) is 12.4. The van der Waals surface area contributed by atoms with Crippen molar-refractivity contribution in [3.63, 3.8) is 0 Å². The molecular weight excluding hydrogens is 281 g/mol. The average Bonchev–Trinajstić information content (AvgIpc) is 2.87. The zero-order valence-electron chi connectivity index (χ0n) is 8.91. The van der Waals surface area contributed by atoms with E-state index >= 15 is 0 Å². The average molecular weight is 290 g/mol. The Morgan fingerprint density at radius 2 is 2.35 bits per heavy atom. The molecule has 4 nitrogen and oxygen atoms in total. The quantitative estimate of drug-likeness (QED) is 0.944. The van der Waals surface area contributed by atoms with Crippen LogP contribution >= 0.6 is 34.5 Å². The maximum Gasteiger partial charge on any atom is 0.256 e. The number of thiophene rings is 1. The first-order chi connectivity index (χ1) is 8.08. The monoisotopic (exact) mass is 289 g/mol. The van der Waals surface area contributed by atoms with Crippen LogP contribution < -0.4 is 0 Å². The maximum atomic E-state index is 12.1. The first-order valence-corrected chi connectivity index (χ1v) is 6.33. The van der Waals surface area contributed by atoms with Gasteiger partial charge in [0.15, 0.2) is 0 Å². The number of nitrogens with zero attached hydrogens (tertiary/aromatic N) is 2. The minimum Gasteiger partial charge on any atom is -0.347 e. The van der Waals surface area contributed by atoms with Crippen molar-refractivity contribution in [2.75, 3.05) is 7.05 Å². The third-order valence-corrected chi connectivity index (χ3v) is 3.66. The van der Waals surface area contributed by atoms with Crippen LogP contribution in [-0.2, 0) is 6.54 Å². The van der Waals surface area contributed by atoms with Crippen LogP contribution in [0.1, 0.15) is 16.2 Å². The zero-order valence-corrected chi connectivity index (χ0v) is 11.2. The standard InChI is InChI=1S/C10H9Cl2N3OS/c1-15(5-8-13-2-3-14-8)10(16)6-4-7(11)17-9(6)12/h2-4H,5H2,1H3,(H,13,14). The third kappa shape index (κ3) is 2.80. The van der Waals surface area contributed by atoms with Crippen molar-refractivity contribution in [2.24, 2.45) is 0 Å². The summed E-state index contributed by atoms with van der Waals surface area (Å²) in [5, 5.41) is 0. The highest BCUT2D eigenvalue weighted by molar-refractivity contribution is 7.20. The van der Waals surface area contributed by atoms with Crippen LogP contribution in [0.5, 0.6) is 0 Å². The number of halogens is 2. The van der Waals surface area contributed by atoms with Crippen molar-refractivity contribution in [3.05, 3.63) is 38.5 Å². The molecule has 7 heteroatoms. The Labute approximate surface area is 112 Å². The van der Waals surface area contributed by atoms with E-state index in [9.17, 15) is 4.79 Å². The number of aromatic amines is 1. The number of carbonyl (C=O) groups is 1. The molecule has 0 atom stereocenters. The van der Waals surface area contributed by atoms with E-state index in [0.29, 0.717) is 20.8 Å². The van der Waals surface area contributed by atoms with Crippen LogP contribution in [0.15, 0.2) is 18.5 Å². The van der Waals surface area contributed by atoms with E-state index in [1.807, 2.05) is 0 Å². The zero-order chi connectivity index (χ0) is 12.4. The van der Waals surface area contributed by atoms with Crippen molar-refractivity contribution in [2.45, 2.75) is 6.54 Å². The number of hydrogen-bond donors (Lipinski definition) is 1. The number of imidazole rings is 1. The summed E-state index contributed by atoms with van der Waals surface area (Å²) < 4.78 is 0.913. The topological polar surface area (TPSA) is 49.0 Å². The van der Waals surface area contributed by atoms with E-state index in [4.69, 9.17) is 23.2 Å². The van der Waals surface area contributed by atoms with Crippen LogP contribution in [0.4, 0.5) is 0 Å². The second-order valence-corrected chi connectivity index (χ2v) is 5.72. The first-order valence-electron chi connectivity index (χ1n) is 4.76. The summed E-state index contributed by atoms with van der Waals surface area (Å²) in [6, 6.07) is 1.58. The van der Waals surface area contributed by atoms with Crippen molar-refractivity contribution in [1.82, 2.24) is 14.9 Å². The van der Waals surface area contributed by atoms with Gasteiger partial charge in [-0.15, -0.1) is 11.3 Å². The van der Waals surface area contributed by atoms with Gasteiger partial charge in [-0.25, -0.2) is 4.98 Å². The molecule has 90 valence electrons. The molecule has 2 rings (SSSR count). The van der Waals surface area contributed by atoms with Crippen molar-refractivity contribution in [3.8, 4) is 0 Å². The smallest absolute Gasteiger partial charge is 0.256 e. The van der Waals surface area contributed by atoms with Gasteiger partial charge in [-0.2, -0.15) is 0 Å². The SMILES string of the molecule is CN(Cc1ncc[nH]1)C(=O)c1cc(Cl)sc1Cl. The van der Waals surface area contributed by atoms with E-state index in [-0.39, 0.29) is 5.91 Å². The van der Waals surface area contributed by atoms with Crippen molar-refractivity contribution < 1.29 is 4.79 Å². The van der Waals surface area contributed by atoms with E-state index in [0.717, 1.165) is 5.82 Å². The molecule has 0 aliphatic rings. The number of rotatable bonds is 3. The molecule has 2 heterocycles. The van der Waals surface area contributed by atoms with Gasteiger partial charge in [-0.05, 0) is 6.07 Å². The molecule has 0 aromatic carbocycles. The minimum atomic E-state index is -0.172. The van der Waals surface area contributed by atoms with E-state index in [1.54, 1.807) is 25.5 Å². The van der Waals surface area contributed by atoms with Crippen LogP contribution in [0.3, 0.4) is 0 Å². The summed E-state index contributed by atoms with van der Waals surface area (Å²) in [4.78, 5) is 20.6. The predicted molar refractivity (Wildman–Crippen MR) is 68.7 cm³/mol. The van der Waals surface area contributed by atoms with Gasteiger partial charge in [0.1, 0.15) is 10.2 Å². The fourth-order valence-corrected chi connectivity index (χ4v) is 2.82. The highest BCUT2D eigenvalue weighted by atomic mass is 35.5. The van der Waals surface area contributed by atoms with E-state index in [2.05, 4.69) is 9.97 Å². The Hall–Kier alpha value is -1.04. The maximum absolute atomic E-state index is 12.1. The fourth-order valence-electron chi connectivity index (χ4n) is 1.37. The molecular formula is C10H9Cl2N3OS. The van der Waals surface area contributed by atoms with Gasteiger partial charge in [0.05, 0.1) is 16.4 Å². The van der Waals surface area contributed by atoms with Crippen LogP contribution in [0.25, 0.3) is 0 Å². The molecule has 17 heavy (non-hydrogen) atoms. The van der Waals surface area contributed by atoms with Gasteiger partial charge in [0.25, 0.3) is 5.91 Å². The lowest BCUT2D eigenvalue weighted by atomic mass is 10.3. The van der Waals surface area contributed by atoms with Crippen LogP contribution in [0.2, 0.25) is 8.67 Å². The summed E-state index contributed by atoms with van der Waals surface area (Å²) in [7, 11) is 1.69. The molecule has 0 spiro atoms. The summed E-state index contributed by atoms with van der Waals surface area (Å²) in [5.74, 6) is 0.549. The van der Waals surface area contributed by atoms with Crippen LogP contribution in [0, 0.1) is 0 Å². The number of H-pyrrole nitrogens is 1. The summed E-state index contributed by atoms with van der Waals surface area (Å²) in [5.41, 5.74) is 0.427. The second-order valence-electron chi connectivity index (χ2n) is 3.43. The molecule has 0 aliphatic heterocycles. The minimum absolute atomic E-state index is 0.172. The Balaban J connectivity index is 2.12. The van der Waals surface area contributed by atoms with Gasteiger partial charge in [0.2, 0.25) is 0 Å². The van der Waals surface area contributed by atoms with Crippen LogP contribution in [-0.4, -0.2) is 27.8 Å². The summed E-state index contributed by atoms with van der Waals surface area (Å²) >= 11 is 12.9. The van der Waals surface area contributed by atoms with Gasteiger partial charge in [0, 0.05) is 19.4 Å². The van der Waals surface area contributed by atoms with Crippen molar-refractivity contribution >= 4 is 40.4 Å². The summed E-state index contributed by atoms with van der Waals surface area (Å²) in [6.45, 7) is 0.398. The second kappa shape index (κ2) is 5.08. The largest absolute Gasteiger partial charge is 0.347 e. The van der Waals surface area contributed by atoms with Gasteiger partial charge in [-0.1, -0.05) is 23.2 Å². The molecule has 0 radical (unpaired) electrons. The highest BCUT2D eigenvalue weighted by Crippen LogP contribution is 2.31. The Bertz CT molecular complexity index is 524. The lowest BCUT2D eigenvalue weighted by Gasteiger charge is -2.14. The van der Waals surface area contributed by atoms with E-state index < -0.39 is 0 Å². The Kier molecular flexibility index (Phi) is 3.71. The number of carbonyl (C=O) groups excluding carboxylic acids is 1. The van der Waals surface area contributed by atoms with Gasteiger partial charge >= 0.3 is 0 Å². The molecule has 0 saturated carbocycles. The lowest BCUT2D eigenvalue weighted by Crippen LogP contribution is -2.26. The molecule has 0 unspecified atom stereocenters. The molecule has 2 aromatic heterocycles. The Morgan fingerprint density at radius 1 is 1.59 bits per heavy atom. The fraction of sp³-hybridized carbons (Fsp3) is 0.200. The predicted octanol–water partition coefficient (Wildman–Crippen LogP) is 3.05. The number of nitrogens with one attached hydrogen (secondary N) is 1. The van der Waals surface area contributed by atoms with Crippen molar-refractivity contribution in [1.29, 1.82) is 0 Å².